The number of piperidine rings is 1. The first kappa shape index (κ1) is 20.6. The second-order valence-electron chi connectivity index (χ2n) is 5.73. The lowest BCUT2D eigenvalue weighted by atomic mass is 9.94. The highest BCUT2D eigenvalue weighted by atomic mass is 35.5. The quantitative estimate of drug-likeness (QED) is 0.615. The molecule has 24 heavy (non-hydrogen) atoms. The van der Waals surface area contributed by atoms with Crippen molar-refractivity contribution in [2.24, 2.45) is 11.7 Å². The van der Waals surface area contributed by atoms with Gasteiger partial charge in [-0.1, -0.05) is 6.92 Å². The third-order valence-electron chi connectivity index (χ3n) is 4.15. The van der Waals surface area contributed by atoms with Gasteiger partial charge in [0, 0.05) is 25.2 Å². The molecule has 2 rings (SSSR count). The number of rotatable bonds is 5. The first-order valence-electron chi connectivity index (χ1n) is 7.35. The molecule has 1 heterocycles. The highest BCUT2D eigenvalue weighted by Gasteiger charge is 2.36. The molecule has 0 aromatic heterocycles. The first-order chi connectivity index (χ1) is 10.8. The van der Waals surface area contributed by atoms with Crippen molar-refractivity contribution in [3.8, 4) is 5.75 Å². The van der Waals surface area contributed by atoms with E-state index in [9.17, 15) is 18.5 Å². The number of halogens is 1. The zero-order valence-corrected chi connectivity index (χ0v) is 15.2. The number of benzene rings is 1. The molecule has 1 saturated heterocycles. The molecule has 0 bridgehead atoms. The average molecular weight is 380 g/mol. The van der Waals surface area contributed by atoms with Crippen LogP contribution in [0.1, 0.15) is 19.8 Å². The van der Waals surface area contributed by atoms with Crippen LogP contribution in [0, 0.1) is 16.0 Å². The van der Waals surface area contributed by atoms with Gasteiger partial charge >= 0.3 is 5.69 Å². The highest BCUT2D eigenvalue weighted by molar-refractivity contribution is 7.89. The molecule has 0 saturated carbocycles. The molecule has 2 unspecified atom stereocenters. The Hall–Kier alpha value is -1.42. The monoisotopic (exact) mass is 379 g/mol. The van der Waals surface area contributed by atoms with E-state index in [1.165, 1.54) is 23.5 Å². The minimum Gasteiger partial charge on any atom is -0.490 e. The summed E-state index contributed by atoms with van der Waals surface area (Å²) in [4.78, 5) is 10.3. The SMILES string of the molecule is COc1ccc(S(=O)(=O)N2CCC(C)CC2CN)cc1[N+](=O)[O-].Cl. The number of ether oxygens (including phenoxy) is 1. The Morgan fingerprint density at radius 2 is 2.12 bits per heavy atom. The van der Waals surface area contributed by atoms with Crippen molar-refractivity contribution in [2.45, 2.75) is 30.7 Å². The number of methoxy groups -OCH3 is 1. The van der Waals surface area contributed by atoms with Gasteiger partial charge in [-0.15, -0.1) is 12.4 Å². The number of nitrogens with two attached hydrogens (primary N) is 1. The lowest BCUT2D eigenvalue weighted by Crippen LogP contribution is -2.49. The van der Waals surface area contributed by atoms with E-state index in [4.69, 9.17) is 10.5 Å². The number of sulfonamides is 1. The Morgan fingerprint density at radius 1 is 1.46 bits per heavy atom. The van der Waals surface area contributed by atoms with Crippen molar-refractivity contribution >= 4 is 28.1 Å². The van der Waals surface area contributed by atoms with Crippen molar-refractivity contribution in [3.63, 3.8) is 0 Å². The van der Waals surface area contributed by atoms with Gasteiger partial charge in [-0.2, -0.15) is 4.31 Å². The molecule has 1 aliphatic rings. The predicted molar refractivity (Wildman–Crippen MR) is 92.0 cm³/mol. The van der Waals surface area contributed by atoms with Gasteiger partial charge in [-0.25, -0.2) is 8.42 Å². The summed E-state index contributed by atoms with van der Waals surface area (Å²) in [6.45, 7) is 2.65. The molecular formula is C14H22ClN3O5S. The van der Waals surface area contributed by atoms with Crippen molar-refractivity contribution in [1.82, 2.24) is 4.31 Å². The first-order valence-corrected chi connectivity index (χ1v) is 8.79. The minimum absolute atomic E-state index is 0. The van der Waals surface area contributed by atoms with E-state index in [1.54, 1.807) is 0 Å². The van der Waals surface area contributed by atoms with Crippen molar-refractivity contribution < 1.29 is 18.1 Å². The molecule has 0 radical (unpaired) electrons. The van der Waals surface area contributed by atoms with Crippen molar-refractivity contribution in [3.05, 3.63) is 28.3 Å². The van der Waals surface area contributed by atoms with Crippen LogP contribution in [-0.2, 0) is 10.0 Å². The standard InChI is InChI=1S/C14H21N3O5S.ClH/c1-10-5-6-16(11(7-10)9-15)23(20,21)12-3-4-14(22-2)13(8-12)17(18)19;/h3-4,8,10-11H,5-7,9,15H2,1-2H3;1H. The van der Waals surface area contributed by atoms with Gasteiger partial charge < -0.3 is 10.5 Å². The topological polar surface area (TPSA) is 116 Å². The maximum absolute atomic E-state index is 12.8. The van der Waals surface area contributed by atoms with Crippen molar-refractivity contribution in [2.75, 3.05) is 20.2 Å². The summed E-state index contributed by atoms with van der Waals surface area (Å²) >= 11 is 0. The minimum atomic E-state index is -3.83. The molecule has 1 aromatic rings. The maximum Gasteiger partial charge on any atom is 0.312 e. The van der Waals surface area contributed by atoms with Crippen LogP contribution in [0.4, 0.5) is 5.69 Å². The van der Waals surface area contributed by atoms with Gasteiger partial charge in [0.15, 0.2) is 5.75 Å². The molecular weight excluding hydrogens is 358 g/mol. The Bertz CT molecular complexity index is 698. The van der Waals surface area contributed by atoms with Gasteiger partial charge in [-0.3, -0.25) is 10.1 Å². The van der Waals surface area contributed by atoms with E-state index in [2.05, 4.69) is 6.92 Å². The highest BCUT2D eigenvalue weighted by Crippen LogP contribution is 2.33. The fourth-order valence-corrected chi connectivity index (χ4v) is 4.55. The van der Waals surface area contributed by atoms with E-state index in [1.807, 2.05) is 0 Å². The van der Waals surface area contributed by atoms with E-state index in [-0.39, 0.29) is 41.3 Å². The molecule has 0 spiro atoms. The molecule has 1 aromatic carbocycles. The van der Waals surface area contributed by atoms with Gasteiger partial charge in [0.2, 0.25) is 10.0 Å². The van der Waals surface area contributed by atoms with Crippen LogP contribution in [-0.4, -0.2) is 43.9 Å². The molecule has 1 aliphatic heterocycles. The Morgan fingerprint density at radius 3 is 2.67 bits per heavy atom. The summed E-state index contributed by atoms with van der Waals surface area (Å²) in [5.74, 6) is 0.428. The van der Waals surface area contributed by atoms with Crippen LogP contribution in [0.25, 0.3) is 0 Å². The number of hydrogen-bond donors (Lipinski definition) is 1. The molecule has 136 valence electrons. The normalized spacial score (nSPS) is 21.8. The van der Waals surface area contributed by atoms with Crippen LogP contribution < -0.4 is 10.5 Å². The van der Waals surface area contributed by atoms with Gasteiger partial charge in [0.25, 0.3) is 0 Å². The fraction of sp³-hybridized carbons (Fsp3) is 0.571. The summed E-state index contributed by atoms with van der Waals surface area (Å²) in [5, 5.41) is 11.1. The van der Waals surface area contributed by atoms with Gasteiger partial charge in [-0.05, 0) is 30.9 Å². The number of nitrogens with zero attached hydrogens (tertiary/aromatic N) is 2. The molecule has 2 atom stereocenters. The molecule has 0 amide bonds. The predicted octanol–water partition coefficient (Wildman–Crippen LogP) is 1.77. The molecule has 10 heteroatoms. The van der Waals surface area contributed by atoms with Crippen LogP contribution in [0.3, 0.4) is 0 Å². The molecule has 1 fully saturated rings. The van der Waals surface area contributed by atoms with Crippen LogP contribution in [0.15, 0.2) is 23.1 Å². The van der Waals surface area contributed by atoms with Crippen LogP contribution in [0.2, 0.25) is 0 Å². The molecule has 8 nitrogen and oxygen atoms in total. The fourth-order valence-electron chi connectivity index (χ4n) is 2.87. The molecule has 2 N–H and O–H groups in total. The Labute approximate surface area is 147 Å². The number of hydrogen-bond acceptors (Lipinski definition) is 6. The Balaban J connectivity index is 0.00000288. The van der Waals surface area contributed by atoms with E-state index < -0.39 is 14.9 Å². The van der Waals surface area contributed by atoms with E-state index in [0.717, 1.165) is 12.5 Å². The summed E-state index contributed by atoms with van der Waals surface area (Å²) in [5.41, 5.74) is 5.35. The van der Waals surface area contributed by atoms with Crippen molar-refractivity contribution in [1.29, 1.82) is 0 Å². The molecule has 0 aliphatic carbocycles. The zero-order chi connectivity index (χ0) is 17.2. The number of nitro groups is 1. The van der Waals surface area contributed by atoms with Gasteiger partial charge in [0.1, 0.15) is 0 Å². The summed E-state index contributed by atoms with van der Waals surface area (Å²) in [6, 6.07) is 3.38. The second kappa shape index (κ2) is 8.11. The lowest BCUT2D eigenvalue weighted by Gasteiger charge is -2.36. The van der Waals surface area contributed by atoms with E-state index >= 15 is 0 Å². The summed E-state index contributed by atoms with van der Waals surface area (Å²) in [6.07, 6.45) is 1.43. The second-order valence-corrected chi connectivity index (χ2v) is 7.62. The zero-order valence-electron chi connectivity index (χ0n) is 13.5. The smallest absolute Gasteiger partial charge is 0.312 e. The van der Waals surface area contributed by atoms with Gasteiger partial charge in [0.05, 0.1) is 16.9 Å². The number of nitro benzene ring substituents is 1. The van der Waals surface area contributed by atoms with E-state index in [0.29, 0.717) is 18.9 Å². The average Bonchev–Trinajstić information content (AvgIpc) is 2.53. The largest absolute Gasteiger partial charge is 0.490 e. The van der Waals surface area contributed by atoms with Crippen LogP contribution in [0.5, 0.6) is 5.75 Å². The summed E-state index contributed by atoms with van der Waals surface area (Å²) in [7, 11) is -2.54. The summed E-state index contributed by atoms with van der Waals surface area (Å²) < 4.78 is 32.0. The third kappa shape index (κ3) is 3.97. The lowest BCUT2D eigenvalue weighted by molar-refractivity contribution is -0.386. The maximum atomic E-state index is 12.8. The third-order valence-corrected chi connectivity index (χ3v) is 6.10. The van der Waals surface area contributed by atoms with Crippen LogP contribution >= 0.6 is 12.4 Å². The Kier molecular flexibility index (Phi) is 6.97.